The lowest BCUT2D eigenvalue weighted by atomic mass is 10.1. The molecule has 0 spiro atoms. The van der Waals surface area contributed by atoms with Crippen molar-refractivity contribution in [3.63, 3.8) is 0 Å². The van der Waals surface area contributed by atoms with Crippen LogP contribution in [-0.2, 0) is 16.0 Å². The van der Waals surface area contributed by atoms with Gasteiger partial charge in [-0.3, -0.25) is 9.59 Å². The first kappa shape index (κ1) is 18.0. The van der Waals surface area contributed by atoms with E-state index >= 15 is 0 Å². The molecule has 0 atom stereocenters. The predicted molar refractivity (Wildman–Crippen MR) is 97.1 cm³/mol. The molecule has 5 nitrogen and oxygen atoms in total. The molecule has 0 heterocycles. The molecule has 0 radical (unpaired) electrons. The number of rotatable bonds is 7. The van der Waals surface area contributed by atoms with Crippen molar-refractivity contribution in [1.29, 1.82) is 0 Å². The van der Waals surface area contributed by atoms with Gasteiger partial charge in [0.05, 0.1) is 7.11 Å². The number of methoxy groups -OCH3 is 1. The zero-order valence-corrected chi connectivity index (χ0v) is 14.9. The third kappa shape index (κ3) is 5.70. The highest BCUT2D eigenvalue weighted by atomic mass is 79.9. The molecule has 2 aromatic rings. The van der Waals surface area contributed by atoms with E-state index in [1.807, 2.05) is 36.4 Å². The molecule has 2 rings (SSSR count). The highest BCUT2D eigenvalue weighted by molar-refractivity contribution is 9.10. The summed E-state index contributed by atoms with van der Waals surface area (Å²) in [4.78, 5) is 23.7. The maximum atomic E-state index is 11.8. The third-order valence-corrected chi connectivity index (χ3v) is 3.89. The normalized spacial score (nSPS) is 10.1. The van der Waals surface area contributed by atoms with E-state index in [9.17, 15) is 9.59 Å². The molecule has 2 amide bonds. The third-order valence-electron chi connectivity index (χ3n) is 3.36. The minimum Gasteiger partial charge on any atom is -0.496 e. The van der Waals surface area contributed by atoms with Crippen molar-refractivity contribution in [3.8, 4) is 5.75 Å². The Kier molecular flexibility index (Phi) is 6.81. The molecule has 0 aliphatic heterocycles. The molecule has 24 heavy (non-hydrogen) atoms. The number of halogens is 1. The number of amides is 2. The van der Waals surface area contributed by atoms with Gasteiger partial charge in [-0.2, -0.15) is 0 Å². The molecule has 126 valence electrons. The molecule has 0 unspecified atom stereocenters. The van der Waals surface area contributed by atoms with Crippen molar-refractivity contribution in [3.05, 3.63) is 58.6 Å². The van der Waals surface area contributed by atoms with E-state index < -0.39 is 0 Å². The Morgan fingerprint density at radius 2 is 1.75 bits per heavy atom. The Morgan fingerprint density at radius 1 is 1.04 bits per heavy atom. The molecule has 0 bridgehead atoms. The van der Waals surface area contributed by atoms with Gasteiger partial charge in [-0.25, -0.2) is 0 Å². The van der Waals surface area contributed by atoms with E-state index in [4.69, 9.17) is 4.74 Å². The van der Waals surface area contributed by atoms with E-state index in [1.165, 1.54) is 0 Å². The number of hydrogen-bond donors (Lipinski definition) is 2. The maximum absolute atomic E-state index is 11.8. The van der Waals surface area contributed by atoms with E-state index in [0.29, 0.717) is 18.7 Å². The average molecular weight is 391 g/mol. The summed E-state index contributed by atoms with van der Waals surface area (Å²) in [6.45, 7) is 0.449. The largest absolute Gasteiger partial charge is 0.496 e. The Morgan fingerprint density at radius 3 is 2.46 bits per heavy atom. The number of hydrogen-bond acceptors (Lipinski definition) is 3. The Bertz CT molecular complexity index is 702. The van der Waals surface area contributed by atoms with Crippen molar-refractivity contribution >= 4 is 33.4 Å². The summed E-state index contributed by atoms with van der Waals surface area (Å²) in [5, 5.41) is 5.43. The number of anilines is 1. The number of carbonyl (C=O) groups excluding carboxylic acids is 2. The fourth-order valence-electron chi connectivity index (χ4n) is 2.19. The molecular formula is C18H19BrN2O3. The minimum atomic E-state index is -0.341. The fraction of sp³-hybridized carbons (Fsp3) is 0.222. The van der Waals surface area contributed by atoms with Crippen LogP contribution in [0.1, 0.15) is 12.0 Å². The molecule has 0 saturated carbocycles. The first-order chi connectivity index (χ1) is 11.6. The molecule has 6 heteroatoms. The van der Waals surface area contributed by atoms with E-state index in [0.717, 1.165) is 15.8 Å². The number of carbonyl (C=O) groups is 2. The zero-order valence-electron chi connectivity index (χ0n) is 13.3. The summed E-state index contributed by atoms with van der Waals surface area (Å²) in [6.07, 6.45) is 0.437. The van der Waals surface area contributed by atoms with Crippen LogP contribution in [0.3, 0.4) is 0 Å². The quantitative estimate of drug-likeness (QED) is 0.713. The van der Waals surface area contributed by atoms with Crippen molar-refractivity contribution in [1.82, 2.24) is 5.32 Å². The highest BCUT2D eigenvalue weighted by Gasteiger charge is 2.10. The minimum absolute atomic E-state index is 0.206. The van der Waals surface area contributed by atoms with Gasteiger partial charge in [0.2, 0.25) is 11.8 Å². The maximum Gasteiger partial charge on any atom is 0.233 e. The molecular weight excluding hydrogens is 372 g/mol. The number of benzene rings is 2. The summed E-state index contributed by atoms with van der Waals surface area (Å²) in [6, 6.07) is 14.8. The second kappa shape index (κ2) is 9.08. The SMILES string of the molecule is COc1ccccc1CCNC(=O)CC(=O)Nc1ccc(Br)cc1. The van der Waals surface area contributed by atoms with Gasteiger partial charge in [-0.1, -0.05) is 34.1 Å². The lowest BCUT2D eigenvalue weighted by molar-refractivity contribution is -0.126. The summed E-state index contributed by atoms with van der Waals surface area (Å²) < 4.78 is 6.19. The molecule has 0 aliphatic carbocycles. The van der Waals surface area contributed by atoms with Crippen LogP contribution in [0.25, 0.3) is 0 Å². The van der Waals surface area contributed by atoms with Crippen LogP contribution in [0.15, 0.2) is 53.0 Å². The lowest BCUT2D eigenvalue weighted by Gasteiger charge is -2.09. The van der Waals surface area contributed by atoms with Gasteiger partial charge in [0.1, 0.15) is 12.2 Å². The number of para-hydroxylation sites is 1. The summed E-state index contributed by atoms with van der Waals surface area (Å²) in [7, 11) is 1.61. The zero-order chi connectivity index (χ0) is 17.4. The molecule has 0 aliphatic rings. The first-order valence-electron chi connectivity index (χ1n) is 7.52. The van der Waals surface area contributed by atoms with Gasteiger partial charge in [-0.05, 0) is 42.3 Å². The van der Waals surface area contributed by atoms with Crippen LogP contribution >= 0.6 is 15.9 Å². The molecule has 0 fully saturated rings. The second-order valence-corrected chi connectivity index (χ2v) is 6.06. The number of ether oxygens (including phenoxy) is 1. The molecule has 0 aromatic heterocycles. The van der Waals surface area contributed by atoms with Crippen LogP contribution in [-0.4, -0.2) is 25.5 Å². The molecule has 2 N–H and O–H groups in total. The van der Waals surface area contributed by atoms with Gasteiger partial charge in [0, 0.05) is 16.7 Å². The van der Waals surface area contributed by atoms with E-state index in [1.54, 1.807) is 19.2 Å². The average Bonchev–Trinajstić information content (AvgIpc) is 2.57. The monoisotopic (exact) mass is 390 g/mol. The van der Waals surface area contributed by atoms with Gasteiger partial charge in [0.15, 0.2) is 0 Å². The molecule has 2 aromatic carbocycles. The Hall–Kier alpha value is -2.34. The van der Waals surface area contributed by atoms with Gasteiger partial charge in [0.25, 0.3) is 0 Å². The van der Waals surface area contributed by atoms with Gasteiger partial charge >= 0.3 is 0 Å². The summed E-state index contributed by atoms with van der Waals surface area (Å²) in [5.74, 6) is 0.145. The van der Waals surface area contributed by atoms with Gasteiger partial charge < -0.3 is 15.4 Å². The fourth-order valence-corrected chi connectivity index (χ4v) is 2.46. The van der Waals surface area contributed by atoms with Crippen molar-refractivity contribution in [2.24, 2.45) is 0 Å². The highest BCUT2D eigenvalue weighted by Crippen LogP contribution is 2.17. The van der Waals surface area contributed by atoms with Crippen LogP contribution in [0, 0.1) is 0 Å². The van der Waals surface area contributed by atoms with Gasteiger partial charge in [-0.15, -0.1) is 0 Å². The van der Waals surface area contributed by atoms with Crippen molar-refractivity contribution in [2.45, 2.75) is 12.8 Å². The van der Waals surface area contributed by atoms with E-state index in [-0.39, 0.29) is 18.2 Å². The second-order valence-electron chi connectivity index (χ2n) is 5.14. The van der Waals surface area contributed by atoms with Crippen LogP contribution in [0.5, 0.6) is 5.75 Å². The molecule has 0 saturated heterocycles. The standard InChI is InChI=1S/C18H19BrN2O3/c1-24-16-5-3-2-4-13(16)10-11-20-17(22)12-18(23)21-15-8-6-14(19)7-9-15/h2-9H,10-12H2,1H3,(H,20,22)(H,21,23). The van der Waals surface area contributed by atoms with Crippen LogP contribution < -0.4 is 15.4 Å². The van der Waals surface area contributed by atoms with Crippen LogP contribution in [0.4, 0.5) is 5.69 Å². The first-order valence-corrected chi connectivity index (χ1v) is 8.32. The predicted octanol–water partition coefficient (Wildman–Crippen LogP) is 3.15. The Labute approximate surface area is 149 Å². The number of nitrogens with one attached hydrogen (secondary N) is 2. The van der Waals surface area contributed by atoms with Crippen molar-refractivity contribution < 1.29 is 14.3 Å². The van der Waals surface area contributed by atoms with Crippen molar-refractivity contribution in [2.75, 3.05) is 19.0 Å². The smallest absolute Gasteiger partial charge is 0.233 e. The van der Waals surface area contributed by atoms with E-state index in [2.05, 4.69) is 26.6 Å². The summed E-state index contributed by atoms with van der Waals surface area (Å²) >= 11 is 3.32. The Balaban J connectivity index is 1.74. The summed E-state index contributed by atoms with van der Waals surface area (Å²) in [5.41, 5.74) is 1.67. The van der Waals surface area contributed by atoms with Crippen LogP contribution in [0.2, 0.25) is 0 Å². The topological polar surface area (TPSA) is 67.4 Å². The lowest BCUT2D eigenvalue weighted by Crippen LogP contribution is -2.29.